The van der Waals surface area contributed by atoms with Crippen LogP contribution in [-0.4, -0.2) is 37.0 Å². The van der Waals surface area contributed by atoms with E-state index in [0.29, 0.717) is 22.8 Å². The molecule has 0 aliphatic heterocycles. The number of rotatable bonds is 5. The van der Waals surface area contributed by atoms with E-state index in [2.05, 4.69) is 10.3 Å². The summed E-state index contributed by atoms with van der Waals surface area (Å²) in [6.07, 6.45) is 1.37. The van der Waals surface area contributed by atoms with Gasteiger partial charge in [0.05, 0.1) is 25.3 Å². The molecule has 1 aromatic heterocycles. The Labute approximate surface area is 139 Å². The van der Waals surface area contributed by atoms with Gasteiger partial charge in [-0.05, 0) is 36.4 Å². The maximum Gasteiger partial charge on any atom is 0.284 e. The Morgan fingerprint density at radius 2 is 1.67 bits per heavy atom. The number of methoxy groups -OCH3 is 2. The fourth-order valence-electron chi connectivity index (χ4n) is 2.14. The smallest absolute Gasteiger partial charge is 0.284 e. The Balaban J connectivity index is 1.96. The molecule has 0 saturated heterocycles. The normalized spacial score (nSPS) is 11.2. The summed E-state index contributed by atoms with van der Waals surface area (Å²) >= 11 is 0. The summed E-state index contributed by atoms with van der Waals surface area (Å²) in [7, 11) is -0.736. The monoisotopic (exact) mass is 345 g/mol. The molecule has 8 heteroatoms. The molecule has 0 radical (unpaired) electrons. The van der Waals surface area contributed by atoms with Gasteiger partial charge in [-0.1, -0.05) is 17.3 Å². The molecule has 124 valence electrons. The third-order valence-corrected chi connectivity index (χ3v) is 4.98. The van der Waals surface area contributed by atoms with Crippen LogP contribution in [-0.2, 0) is 10.0 Å². The Morgan fingerprint density at radius 3 is 2.33 bits per heavy atom. The van der Waals surface area contributed by atoms with Crippen molar-refractivity contribution in [3.05, 3.63) is 54.7 Å². The molecule has 0 saturated carbocycles. The Hall–Kier alpha value is -2.87. The molecule has 0 fully saturated rings. The molecule has 0 aliphatic rings. The van der Waals surface area contributed by atoms with Gasteiger partial charge >= 0.3 is 0 Å². The van der Waals surface area contributed by atoms with Gasteiger partial charge in [0.15, 0.2) is 0 Å². The van der Waals surface area contributed by atoms with E-state index in [1.165, 1.54) is 25.4 Å². The zero-order valence-corrected chi connectivity index (χ0v) is 13.9. The first kappa shape index (κ1) is 16.0. The zero-order chi connectivity index (χ0) is 17.2. The van der Waals surface area contributed by atoms with Gasteiger partial charge in [-0.2, -0.15) is 8.42 Å². The van der Waals surface area contributed by atoms with Crippen LogP contribution >= 0.6 is 0 Å². The number of hydrogen-bond acceptors (Lipinski definition) is 6. The Kier molecular flexibility index (Phi) is 4.22. The topological polar surface area (TPSA) is 83.3 Å². The maximum absolute atomic E-state index is 12.6. The van der Waals surface area contributed by atoms with Crippen molar-refractivity contribution in [1.29, 1.82) is 0 Å². The molecule has 0 spiro atoms. The molecular weight excluding hydrogens is 330 g/mol. The van der Waals surface area contributed by atoms with Crippen molar-refractivity contribution in [2.45, 2.75) is 4.90 Å². The number of nitrogens with zero attached hydrogens (tertiary/aromatic N) is 3. The van der Waals surface area contributed by atoms with E-state index in [1.807, 2.05) is 0 Å². The average molecular weight is 345 g/mol. The van der Waals surface area contributed by atoms with Crippen LogP contribution < -0.4 is 9.47 Å². The van der Waals surface area contributed by atoms with Crippen molar-refractivity contribution >= 4 is 10.0 Å². The third-order valence-electron chi connectivity index (χ3n) is 3.44. The van der Waals surface area contributed by atoms with Crippen LogP contribution in [0.15, 0.2) is 59.6 Å². The summed E-state index contributed by atoms with van der Waals surface area (Å²) in [5.41, 5.74) is 1.15. The van der Waals surface area contributed by atoms with Crippen LogP contribution in [0.4, 0.5) is 0 Å². The fraction of sp³-hybridized carbons (Fsp3) is 0.125. The predicted octanol–water partition coefficient (Wildman–Crippen LogP) is 2.20. The van der Waals surface area contributed by atoms with Crippen LogP contribution in [0.2, 0.25) is 0 Å². The first-order valence-corrected chi connectivity index (χ1v) is 8.45. The van der Waals surface area contributed by atoms with Crippen molar-refractivity contribution in [3.8, 4) is 22.8 Å². The summed E-state index contributed by atoms with van der Waals surface area (Å²) in [4.78, 5) is 0.102. The highest BCUT2D eigenvalue weighted by atomic mass is 32.2. The van der Waals surface area contributed by atoms with Crippen LogP contribution in [0.3, 0.4) is 0 Å². The van der Waals surface area contributed by atoms with Gasteiger partial charge in [0.25, 0.3) is 10.0 Å². The Morgan fingerprint density at radius 1 is 0.958 bits per heavy atom. The molecule has 3 rings (SSSR count). The summed E-state index contributed by atoms with van der Waals surface area (Å²) in [6, 6.07) is 13.2. The van der Waals surface area contributed by atoms with E-state index in [0.717, 1.165) is 4.09 Å². The molecule has 0 aliphatic carbocycles. The predicted molar refractivity (Wildman–Crippen MR) is 87.6 cm³/mol. The Bertz CT molecular complexity index is 949. The van der Waals surface area contributed by atoms with Gasteiger partial charge in [0, 0.05) is 5.56 Å². The van der Waals surface area contributed by atoms with Crippen LogP contribution in [0.5, 0.6) is 11.5 Å². The summed E-state index contributed by atoms with van der Waals surface area (Å²) in [6.45, 7) is 0. The summed E-state index contributed by atoms with van der Waals surface area (Å²) in [5, 5.41) is 7.69. The second kappa shape index (κ2) is 6.32. The quantitative estimate of drug-likeness (QED) is 0.705. The lowest BCUT2D eigenvalue weighted by atomic mass is 10.1. The van der Waals surface area contributed by atoms with E-state index in [1.54, 1.807) is 43.5 Å². The highest BCUT2D eigenvalue weighted by molar-refractivity contribution is 7.89. The van der Waals surface area contributed by atoms with Gasteiger partial charge in [-0.25, -0.2) is 0 Å². The lowest BCUT2D eigenvalue weighted by Crippen LogP contribution is -2.13. The second-order valence-electron chi connectivity index (χ2n) is 4.89. The van der Waals surface area contributed by atoms with Gasteiger partial charge in [0.2, 0.25) is 0 Å². The molecule has 3 aromatic rings. The average Bonchev–Trinajstić information content (AvgIpc) is 3.13. The van der Waals surface area contributed by atoms with E-state index >= 15 is 0 Å². The molecule has 0 N–H and O–H groups in total. The van der Waals surface area contributed by atoms with Crippen molar-refractivity contribution < 1.29 is 17.9 Å². The minimum atomic E-state index is -3.81. The molecule has 0 bridgehead atoms. The number of hydrogen-bond donors (Lipinski definition) is 0. The third kappa shape index (κ3) is 2.95. The summed E-state index contributed by atoms with van der Waals surface area (Å²) in [5.74, 6) is 1.23. The van der Waals surface area contributed by atoms with Crippen LogP contribution in [0, 0.1) is 0 Å². The van der Waals surface area contributed by atoms with Crippen LogP contribution in [0.25, 0.3) is 11.3 Å². The van der Waals surface area contributed by atoms with E-state index in [-0.39, 0.29) is 4.90 Å². The molecule has 0 amide bonds. The zero-order valence-electron chi connectivity index (χ0n) is 13.1. The second-order valence-corrected chi connectivity index (χ2v) is 6.68. The standard InChI is InChI=1S/C16H15N3O4S/c1-22-13-6-8-15(9-7-13)24(20,21)19-11-16(17-18-19)12-4-3-5-14(10-12)23-2/h3-11H,1-2H3. The van der Waals surface area contributed by atoms with Gasteiger partial charge < -0.3 is 9.47 Å². The van der Waals surface area contributed by atoms with Crippen molar-refractivity contribution in [1.82, 2.24) is 14.4 Å². The van der Waals surface area contributed by atoms with Crippen molar-refractivity contribution in [3.63, 3.8) is 0 Å². The highest BCUT2D eigenvalue weighted by Crippen LogP contribution is 2.23. The first-order valence-electron chi connectivity index (χ1n) is 7.01. The highest BCUT2D eigenvalue weighted by Gasteiger charge is 2.19. The van der Waals surface area contributed by atoms with E-state index in [4.69, 9.17) is 9.47 Å². The molecular formula is C16H15N3O4S. The number of ether oxygens (including phenoxy) is 2. The molecule has 7 nitrogen and oxygen atoms in total. The van der Waals surface area contributed by atoms with Crippen molar-refractivity contribution in [2.75, 3.05) is 14.2 Å². The lowest BCUT2D eigenvalue weighted by molar-refractivity contribution is 0.414. The molecule has 0 unspecified atom stereocenters. The minimum absolute atomic E-state index is 0.102. The number of benzene rings is 2. The SMILES string of the molecule is COc1ccc(S(=O)(=O)n2cc(-c3cccc(OC)c3)nn2)cc1. The van der Waals surface area contributed by atoms with E-state index < -0.39 is 10.0 Å². The first-order chi connectivity index (χ1) is 11.5. The minimum Gasteiger partial charge on any atom is -0.497 e. The molecule has 1 heterocycles. The van der Waals surface area contributed by atoms with Gasteiger partial charge in [0.1, 0.15) is 17.2 Å². The molecule has 0 atom stereocenters. The van der Waals surface area contributed by atoms with Crippen molar-refractivity contribution in [2.24, 2.45) is 0 Å². The fourth-order valence-corrected chi connectivity index (χ4v) is 3.20. The number of aromatic nitrogens is 3. The lowest BCUT2D eigenvalue weighted by Gasteiger charge is -2.04. The largest absolute Gasteiger partial charge is 0.497 e. The van der Waals surface area contributed by atoms with Crippen LogP contribution in [0.1, 0.15) is 0 Å². The molecule has 24 heavy (non-hydrogen) atoms. The maximum atomic E-state index is 12.6. The van der Waals surface area contributed by atoms with E-state index in [9.17, 15) is 8.42 Å². The van der Waals surface area contributed by atoms with Gasteiger partial charge in [-0.15, -0.1) is 9.19 Å². The summed E-state index contributed by atoms with van der Waals surface area (Å²) < 4.78 is 36.2. The molecule has 2 aromatic carbocycles. The van der Waals surface area contributed by atoms with Gasteiger partial charge in [-0.3, -0.25) is 0 Å².